The van der Waals surface area contributed by atoms with E-state index in [2.05, 4.69) is 14.6 Å². The molecule has 0 saturated carbocycles. The van der Waals surface area contributed by atoms with Crippen molar-refractivity contribution >= 4 is 38.1 Å². The van der Waals surface area contributed by atoms with Crippen molar-refractivity contribution in [1.82, 2.24) is 14.6 Å². The first kappa shape index (κ1) is 25.8. The van der Waals surface area contributed by atoms with Gasteiger partial charge in [0.25, 0.3) is 5.92 Å². The van der Waals surface area contributed by atoms with Crippen molar-refractivity contribution in [2.24, 2.45) is 0 Å². The second-order valence-corrected chi connectivity index (χ2v) is 12.4. The minimum atomic E-state index is -4.88. The standard InChI is InChI=1S/C16H20ClF3N4O8P2/c17-11-3-8(23-2-1-16(19,20)6-23)15-21-4-9(24(15)22-11)14-12(18)13(25)10(32-14)5-31-34(29,30)7-33(26,27)28/h3-4,10,12-14,25H,1-2,5-7H2,(H,29,30)(H2,26,27,28)/t10-,12+,13?,14?/m1/s1. The fourth-order valence-corrected chi connectivity index (χ4v) is 6.62. The zero-order valence-corrected chi connectivity index (χ0v) is 19.7. The molecule has 2 aromatic rings. The van der Waals surface area contributed by atoms with Crippen LogP contribution in [0.15, 0.2) is 12.3 Å². The van der Waals surface area contributed by atoms with Crippen molar-refractivity contribution in [3.63, 3.8) is 0 Å². The molecule has 5 atom stereocenters. The van der Waals surface area contributed by atoms with Gasteiger partial charge in [0.15, 0.2) is 22.9 Å². The average molecular weight is 551 g/mol. The molecule has 0 amide bonds. The van der Waals surface area contributed by atoms with Crippen LogP contribution < -0.4 is 4.90 Å². The van der Waals surface area contributed by atoms with Gasteiger partial charge >= 0.3 is 15.2 Å². The summed E-state index contributed by atoms with van der Waals surface area (Å²) in [6.45, 7) is -1.37. The highest BCUT2D eigenvalue weighted by Gasteiger charge is 2.48. The molecule has 3 unspecified atom stereocenters. The van der Waals surface area contributed by atoms with E-state index < -0.39 is 64.7 Å². The van der Waals surface area contributed by atoms with Crippen LogP contribution in [0.3, 0.4) is 0 Å². The van der Waals surface area contributed by atoms with Crippen molar-refractivity contribution in [3.8, 4) is 0 Å². The van der Waals surface area contributed by atoms with Crippen LogP contribution in [0.2, 0.25) is 5.15 Å². The van der Waals surface area contributed by atoms with Gasteiger partial charge in [0.1, 0.15) is 18.3 Å². The van der Waals surface area contributed by atoms with Gasteiger partial charge < -0.3 is 33.9 Å². The van der Waals surface area contributed by atoms with E-state index in [9.17, 15) is 32.3 Å². The Balaban J connectivity index is 1.56. The normalized spacial score (nSPS) is 29.1. The lowest BCUT2D eigenvalue weighted by Crippen LogP contribution is -2.31. The Morgan fingerprint density at radius 1 is 1.32 bits per heavy atom. The van der Waals surface area contributed by atoms with E-state index in [1.807, 2.05) is 0 Å². The van der Waals surface area contributed by atoms with Gasteiger partial charge in [0, 0.05) is 19.0 Å². The lowest BCUT2D eigenvalue weighted by molar-refractivity contribution is -0.0199. The minimum absolute atomic E-state index is 0.0128. The molecule has 34 heavy (non-hydrogen) atoms. The van der Waals surface area contributed by atoms with E-state index in [0.717, 1.165) is 4.52 Å². The lowest BCUT2D eigenvalue weighted by atomic mass is 10.1. The molecular weight excluding hydrogens is 531 g/mol. The second kappa shape index (κ2) is 8.99. The van der Waals surface area contributed by atoms with Crippen LogP contribution in [0.5, 0.6) is 0 Å². The van der Waals surface area contributed by atoms with Crippen LogP contribution >= 0.6 is 26.8 Å². The average Bonchev–Trinajstić information content (AvgIpc) is 3.34. The lowest BCUT2D eigenvalue weighted by Gasteiger charge is -2.19. The van der Waals surface area contributed by atoms with E-state index >= 15 is 0 Å². The van der Waals surface area contributed by atoms with Crippen LogP contribution in [0.4, 0.5) is 18.9 Å². The predicted molar refractivity (Wildman–Crippen MR) is 111 cm³/mol. The number of aliphatic hydroxyl groups is 1. The maximum atomic E-state index is 14.9. The maximum absolute atomic E-state index is 14.9. The highest BCUT2D eigenvalue weighted by atomic mass is 35.5. The first-order valence-corrected chi connectivity index (χ1v) is 13.8. The Kier molecular flexibility index (Phi) is 6.82. The summed E-state index contributed by atoms with van der Waals surface area (Å²) in [4.78, 5) is 32.8. The van der Waals surface area contributed by atoms with Gasteiger partial charge in [-0.2, -0.15) is 5.10 Å². The SMILES string of the molecule is O=P(O)(O)CP(=O)(O)OC[C@H]1OC(c2cnc3c(N4CCC(F)(F)C4)cc(Cl)nn23)[C@@H](F)C1O. The molecule has 2 aliphatic heterocycles. The zero-order valence-electron chi connectivity index (χ0n) is 17.1. The number of halogens is 4. The topological polar surface area (TPSA) is 167 Å². The molecule has 0 radical (unpaired) electrons. The van der Waals surface area contributed by atoms with E-state index in [0.29, 0.717) is 0 Å². The number of fused-ring (bicyclic) bond motifs is 1. The minimum Gasteiger partial charge on any atom is -0.387 e. The largest absolute Gasteiger partial charge is 0.387 e. The Morgan fingerprint density at radius 3 is 2.65 bits per heavy atom. The summed E-state index contributed by atoms with van der Waals surface area (Å²) in [5.74, 6) is -4.36. The van der Waals surface area contributed by atoms with Gasteiger partial charge in [-0.05, 0) is 0 Å². The quantitative estimate of drug-likeness (QED) is 0.370. The van der Waals surface area contributed by atoms with E-state index in [4.69, 9.17) is 26.1 Å². The third kappa shape index (κ3) is 5.43. The van der Waals surface area contributed by atoms with Crippen LogP contribution in [0.1, 0.15) is 18.2 Å². The number of aromatic nitrogens is 3. The van der Waals surface area contributed by atoms with Crippen LogP contribution in [-0.2, 0) is 18.4 Å². The number of ether oxygens (including phenoxy) is 1. The number of hydrogen-bond donors (Lipinski definition) is 4. The van der Waals surface area contributed by atoms with Gasteiger partial charge in [0.05, 0.1) is 30.7 Å². The third-order valence-corrected chi connectivity index (χ3v) is 9.01. The number of aliphatic hydroxyl groups excluding tert-OH is 1. The second-order valence-electron chi connectivity index (χ2n) is 8.07. The van der Waals surface area contributed by atoms with Crippen LogP contribution in [0, 0.1) is 0 Å². The van der Waals surface area contributed by atoms with Crippen molar-refractivity contribution < 1.29 is 51.3 Å². The molecular formula is C16H20ClF3N4O8P2. The number of imidazole rings is 1. The van der Waals surface area contributed by atoms with Crippen molar-refractivity contribution in [3.05, 3.63) is 23.1 Å². The number of rotatable bonds is 7. The summed E-state index contributed by atoms with van der Waals surface area (Å²) in [6, 6.07) is 1.35. The molecule has 4 N–H and O–H groups in total. The monoisotopic (exact) mass is 550 g/mol. The van der Waals surface area contributed by atoms with Gasteiger partial charge in [-0.3, -0.25) is 9.13 Å². The highest BCUT2D eigenvalue weighted by Crippen LogP contribution is 2.55. The summed E-state index contributed by atoms with van der Waals surface area (Å²) < 4.78 is 76.3. The Labute approximate surface area is 194 Å². The summed E-state index contributed by atoms with van der Waals surface area (Å²) in [5.41, 5.74) is 0.334. The van der Waals surface area contributed by atoms with Crippen LogP contribution in [-0.4, -0.2) is 84.3 Å². The number of anilines is 1. The fraction of sp³-hybridized carbons (Fsp3) is 0.625. The zero-order chi connectivity index (χ0) is 25.1. The molecule has 190 valence electrons. The van der Waals surface area contributed by atoms with Crippen molar-refractivity contribution in [2.75, 3.05) is 30.5 Å². The molecule has 18 heteroatoms. The third-order valence-electron chi connectivity index (χ3n) is 5.37. The first-order valence-electron chi connectivity index (χ1n) is 9.81. The van der Waals surface area contributed by atoms with Crippen LogP contribution in [0.25, 0.3) is 5.65 Å². The highest BCUT2D eigenvalue weighted by molar-refractivity contribution is 7.70. The molecule has 2 aliphatic rings. The summed E-state index contributed by atoms with van der Waals surface area (Å²) in [7, 11) is -9.64. The Morgan fingerprint density at radius 2 is 2.03 bits per heavy atom. The van der Waals surface area contributed by atoms with Gasteiger partial charge in [0.2, 0.25) is 0 Å². The smallest absolute Gasteiger partial charge is 0.340 e. The molecule has 4 heterocycles. The fourth-order valence-electron chi connectivity index (χ4n) is 3.87. The maximum Gasteiger partial charge on any atom is 0.340 e. The summed E-state index contributed by atoms with van der Waals surface area (Å²) in [6.07, 6.45) is -6.06. The molecule has 2 saturated heterocycles. The molecule has 0 bridgehead atoms. The van der Waals surface area contributed by atoms with Gasteiger partial charge in [-0.1, -0.05) is 11.6 Å². The van der Waals surface area contributed by atoms with E-state index in [-0.39, 0.29) is 35.1 Å². The number of nitrogens with zero attached hydrogens (tertiary/aromatic N) is 4. The van der Waals surface area contributed by atoms with E-state index in [1.54, 1.807) is 0 Å². The molecule has 0 spiro atoms. The number of alkyl halides is 3. The first-order chi connectivity index (χ1) is 15.7. The molecule has 12 nitrogen and oxygen atoms in total. The van der Waals surface area contributed by atoms with Gasteiger partial charge in [-0.15, -0.1) is 0 Å². The van der Waals surface area contributed by atoms with Gasteiger partial charge in [-0.25, -0.2) is 22.7 Å². The Bertz CT molecular complexity index is 1180. The van der Waals surface area contributed by atoms with Crippen molar-refractivity contribution in [1.29, 1.82) is 0 Å². The van der Waals surface area contributed by atoms with E-state index in [1.165, 1.54) is 17.2 Å². The molecule has 0 aliphatic carbocycles. The summed E-state index contributed by atoms with van der Waals surface area (Å²) >= 11 is 6.05. The van der Waals surface area contributed by atoms with Crippen molar-refractivity contribution in [2.45, 2.75) is 36.8 Å². The summed E-state index contributed by atoms with van der Waals surface area (Å²) in [5, 5.41) is 14.1. The predicted octanol–water partition coefficient (Wildman–Crippen LogP) is 1.70. The Hall–Kier alpha value is -1.28. The molecule has 4 rings (SSSR count). The molecule has 0 aromatic carbocycles. The molecule has 2 fully saturated rings. The number of hydrogen-bond acceptors (Lipinski definition) is 8. The molecule has 2 aromatic heterocycles.